The van der Waals surface area contributed by atoms with E-state index in [4.69, 9.17) is 25.8 Å². The van der Waals surface area contributed by atoms with Gasteiger partial charge in [-0.15, -0.1) is 0 Å². The normalized spacial score (nSPS) is 12.0. The monoisotopic (exact) mass is 574 g/mol. The van der Waals surface area contributed by atoms with E-state index in [1.165, 1.54) is 31.5 Å². The molecule has 40 heavy (non-hydrogen) atoms. The van der Waals surface area contributed by atoms with Gasteiger partial charge < -0.3 is 18.6 Å². The number of carbonyl (C=O) groups is 3. The summed E-state index contributed by atoms with van der Waals surface area (Å²) < 4.78 is 31.9. The molecule has 0 N–H and O–H groups in total. The Bertz CT molecular complexity index is 1430. The molecule has 0 saturated heterocycles. The summed E-state index contributed by atoms with van der Waals surface area (Å²) in [6.07, 6.45) is 4.43. The van der Waals surface area contributed by atoms with E-state index in [0.29, 0.717) is 17.0 Å². The van der Waals surface area contributed by atoms with Crippen molar-refractivity contribution in [2.45, 2.75) is 59.2 Å². The molecule has 3 aromatic heterocycles. The molecule has 214 valence electrons. The molecule has 0 bridgehead atoms. The number of rotatable bonds is 6. The smallest absolute Gasteiger partial charge is 0.419 e. The standard InChI is InChI=1S/C28H32ClFN4O6/c1-27(2,3)39-25(36)34(26(37)40-28(4,5)6)15-12-20-19(9-8-17-10-13-31-23(29)22(17)30)32-21-16-18(24(35)38-7)11-14-33(20)21/h8-11,13-14,16H,12,15H2,1-7H3/b9-8+. The van der Waals surface area contributed by atoms with Crippen LogP contribution in [0, 0.1) is 5.82 Å². The molecule has 2 amide bonds. The number of fused-ring (bicyclic) bond motifs is 1. The average Bonchev–Trinajstić information content (AvgIpc) is 3.19. The SMILES string of the molecule is COC(=O)c1ccn2c(CCN(C(=O)OC(C)(C)C)C(=O)OC(C)(C)C)c(/C=C/c3ccnc(Cl)c3F)nc2c1. The van der Waals surface area contributed by atoms with Crippen LogP contribution < -0.4 is 0 Å². The number of halogens is 2. The summed E-state index contributed by atoms with van der Waals surface area (Å²) in [6.45, 7) is 10.0. The number of nitrogens with zero attached hydrogens (tertiary/aromatic N) is 4. The molecule has 0 aromatic carbocycles. The number of methoxy groups -OCH3 is 1. The summed E-state index contributed by atoms with van der Waals surface area (Å²) in [5.74, 6) is -1.24. The van der Waals surface area contributed by atoms with E-state index >= 15 is 0 Å². The van der Waals surface area contributed by atoms with E-state index in [0.717, 1.165) is 4.90 Å². The van der Waals surface area contributed by atoms with Gasteiger partial charge in [-0.05, 0) is 71.9 Å². The zero-order valence-electron chi connectivity index (χ0n) is 23.4. The summed E-state index contributed by atoms with van der Waals surface area (Å²) in [6, 6.07) is 4.55. The average molecular weight is 575 g/mol. The van der Waals surface area contributed by atoms with Crippen molar-refractivity contribution in [2.75, 3.05) is 13.7 Å². The van der Waals surface area contributed by atoms with Gasteiger partial charge in [-0.25, -0.2) is 33.6 Å². The summed E-state index contributed by atoms with van der Waals surface area (Å²) in [5.41, 5.74) is 0.124. The number of carbonyl (C=O) groups excluding carboxylic acids is 3. The van der Waals surface area contributed by atoms with E-state index in [2.05, 4.69) is 9.97 Å². The van der Waals surface area contributed by atoms with Crippen molar-refractivity contribution in [1.82, 2.24) is 19.3 Å². The Morgan fingerprint density at radius 3 is 2.25 bits per heavy atom. The van der Waals surface area contributed by atoms with Crippen LogP contribution in [-0.2, 0) is 20.6 Å². The zero-order valence-corrected chi connectivity index (χ0v) is 24.2. The number of imidazole rings is 1. The lowest BCUT2D eigenvalue weighted by molar-refractivity contribution is 0.00162. The number of hydrogen-bond acceptors (Lipinski definition) is 8. The second-order valence-electron chi connectivity index (χ2n) is 10.8. The second-order valence-corrected chi connectivity index (χ2v) is 11.1. The molecular weight excluding hydrogens is 543 g/mol. The lowest BCUT2D eigenvalue weighted by atomic mass is 10.1. The van der Waals surface area contributed by atoms with Crippen LogP contribution in [0.2, 0.25) is 5.15 Å². The van der Waals surface area contributed by atoms with Gasteiger partial charge >= 0.3 is 18.2 Å². The van der Waals surface area contributed by atoms with Crippen LogP contribution in [-0.4, -0.2) is 62.3 Å². The Morgan fingerprint density at radius 2 is 1.68 bits per heavy atom. The summed E-state index contributed by atoms with van der Waals surface area (Å²) in [7, 11) is 1.27. The topological polar surface area (TPSA) is 112 Å². The number of pyridine rings is 2. The molecule has 10 nitrogen and oxygen atoms in total. The first kappa shape index (κ1) is 30.6. The fourth-order valence-electron chi connectivity index (χ4n) is 3.58. The lowest BCUT2D eigenvalue weighted by Gasteiger charge is -2.28. The number of imide groups is 1. The Hall–Kier alpha value is -3.99. The van der Waals surface area contributed by atoms with Gasteiger partial charge in [-0.3, -0.25) is 0 Å². The van der Waals surface area contributed by atoms with E-state index in [1.54, 1.807) is 64.3 Å². The molecule has 0 radical (unpaired) electrons. The van der Waals surface area contributed by atoms with Crippen LogP contribution >= 0.6 is 11.6 Å². The molecule has 0 fully saturated rings. The number of aromatic nitrogens is 3. The number of ether oxygens (including phenoxy) is 3. The molecular formula is C28H32ClFN4O6. The van der Waals surface area contributed by atoms with Crippen molar-refractivity contribution < 1.29 is 33.0 Å². The van der Waals surface area contributed by atoms with Crippen LogP contribution in [0.15, 0.2) is 30.6 Å². The van der Waals surface area contributed by atoms with Gasteiger partial charge in [-0.1, -0.05) is 11.6 Å². The Kier molecular flexibility index (Phi) is 9.19. The third-order valence-corrected chi connectivity index (χ3v) is 5.54. The van der Waals surface area contributed by atoms with Gasteiger partial charge in [0.1, 0.15) is 16.8 Å². The number of amides is 2. The highest BCUT2D eigenvalue weighted by atomic mass is 35.5. The molecule has 3 heterocycles. The van der Waals surface area contributed by atoms with Crippen LogP contribution in [0.4, 0.5) is 14.0 Å². The van der Waals surface area contributed by atoms with Gasteiger partial charge in [0.25, 0.3) is 0 Å². The number of esters is 1. The Labute approximate surface area is 236 Å². The van der Waals surface area contributed by atoms with Crippen LogP contribution in [0.1, 0.15) is 68.9 Å². The van der Waals surface area contributed by atoms with E-state index in [1.807, 2.05) is 0 Å². The van der Waals surface area contributed by atoms with Gasteiger partial charge in [0.2, 0.25) is 0 Å². The predicted octanol–water partition coefficient (Wildman–Crippen LogP) is 6.19. The third kappa shape index (κ3) is 7.78. The minimum absolute atomic E-state index is 0.118. The summed E-state index contributed by atoms with van der Waals surface area (Å²) in [5, 5.41) is -0.273. The predicted molar refractivity (Wildman–Crippen MR) is 148 cm³/mol. The molecule has 0 aliphatic rings. The van der Waals surface area contributed by atoms with E-state index < -0.39 is 35.2 Å². The van der Waals surface area contributed by atoms with Crippen molar-refractivity contribution in [2.24, 2.45) is 0 Å². The van der Waals surface area contributed by atoms with Crippen LogP contribution in [0.5, 0.6) is 0 Å². The molecule has 12 heteroatoms. The molecule has 0 atom stereocenters. The van der Waals surface area contributed by atoms with Gasteiger partial charge in [0.15, 0.2) is 11.0 Å². The minimum Gasteiger partial charge on any atom is -0.465 e. The molecule has 0 unspecified atom stereocenters. The fourth-order valence-corrected chi connectivity index (χ4v) is 3.74. The van der Waals surface area contributed by atoms with Gasteiger partial charge in [0, 0.05) is 30.9 Å². The van der Waals surface area contributed by atoms with Crippen molar-refractivity contribution in [1.29, 1.82) is 0 Å². The number of hydrogen-bond donors (Lipinski definition) is 0. The highest BCUT2D eigenvalue weighted by Crippen LogP contribution is 2.22. The highest BCUT2D eigenvalue weighted by Gasteiger charge is 2.31. The van der Waals surface area contributed by atoms with E-state index in [9.17, 15) is 18.8 Å². The minimum atomic E-state index is -0.867. The third-order valence-electron chi connectivity index (χ3n) is 5.27. The second kappa shape index (κ2) is 12.0. The quantitative estimate of drug-likeness (QED) is 0.194. The molecule has 3 rings (SSSR count). The lowest BCUT2D eigenvalue weighted by Crippen LogP contribution is -2.44. The van der Waals surface area contributed by atoms with E-state index in [-0.39, 0.29) is 29.2 Å². The molecule has 0 spiro atoms. The first-order chi connectivity index (χ1) is 18.6. The first-order valence-corrected chi connectivity index (χ1v) is 12.8. The first-order valence-electron chi connectivity index (χ1n) is 12.4. The molecule has 3 aromatic rings. The Morgan fingerprint density at radius 1 is 1.05 bits per heavy atom. The maximum atomic E-state index is 14.5. The summed E-state index contributed by atoms with van der Waals surface area (Å²) in [4.78, 5) is 47.2. The molecule has 0 aliphatic heterocycles. The molecule has 0 aliphatic carbocycles. The van der Waals surface area contributed by atoms with Crippen LogP contribution in [0.25, 0.3) is 17.8 Å². The molecule has 0 saturated carbocycles. The van der Waals surface area contributed by atoms with Gasteiger partial charge in [0.05, 0.1) is 24.1 Å². The largest absolute Gasteiger partial charge is 0.465 e. The zero-order chi connectivity index (χ0) is 29.8. The summed E-state index contributed by atoms with van der Waals surface area (Å²) >= 11 is 5.81. The van der Waals surface area contributed by atoms with Crippen molar-refractivity contribution in [3.05, 3.63) is 64.1 Å². The highest BCUT2D eigenvalue weighted by molar-refractivity contribution is 6.29. The Balaban J connectivity index is 2.04. The fraction of sp³-hybridized carbons (Fsp3) is 0.393. The van der Waals surface area contributed by atoms with Crippen molar-refractivity contribution in [3.8, 4) is 0 Å². The van der Waals surface area contributed by atoms with Crippen molar-refractivity contribution in [3.63, 3.8) is 0 Å². The van der Waals surface area contributed by atoms with Gasteiger partial charge in [-0.2, -0.15) is 0 Å². The maximum absolute atomic E-state index is 14.5. The van der Waals surface area contributed by atoms with Crippen LogP contribution in [0.3, 0.4) is 0 Å². The maximum Gasteiger partial charge on any atom is 0.419 e. The van der Waals surface area contributed by atoms with Crippen molar-refractivity contribution >= 4 is 47.6 Å².